The molecule has 0 aliphatic rings. The van der Waals surface area contributed by atoms with Crippen LogP contribution in [-0.2, 0) is 0 Å². The van der Waals surface area contributed by atoms with Crippen LogP contribution in [0.5, 0.6) is 0 Å². The van der Waals surface area contributed by atoms with E-state index in [0.29, 0.717) is 12.1 Å². The van der Waals surface area contributed by atoms with E-state index in [0.717, 1.165) is 31.2 Å². The lowest BCUT2D eigenvalue weighted by atomic mass is 10.3. The molecule has 2 unspecified atom stereocenters. The first kappa shape index (κ1) is 17.4. The molecule has 0 aliphatic carbocycles. The molecule has 0 saturated carbocycles. The van der Waals surface area contributed by atoms with Gasteiger partial charge in [-0.1, -0.05) is 6.92 Å². The van der Waals surface area contributed by atoms with E-state index in [9.17, 15) is 0 Å². The van der Waals surface area contributed by atoms with Gasteiger partial charge in [-0.2, -0.15) is 0 Å². The second-order valence-electron chi connectivity index (χ2n) is 5.62. The third kappa shape index (κ3) is 5.04. The Balaban J connectivity index is 2.72. The third-order valence-corrected chi connectivity index (χ3v) is 4.60. The average molecular weight is 298 g/mol. The summed E-state index contributed by atoms with van der Waals surface area (Å²) in [5.74, 6) is 0. The van der Waals surface area contributed by atoms with Gasteiger partial charge in [0.2, 0.25) is 0 Å². The molecule has 2 atom stereocenters. The number of nitrogens with zero attached hydrogens (tertiary/aromatic N) is 3. The minimum atomic E-state index is 0.393. The summed E-state index contributed by atoms with van der Waals surface area (Å²) in [6, 6.07) is 0.872. The molecule has 0 amide bonds. The maximum absolute atomic E-state index is 4.63. The minimum Gasteiger partial charge on any atom is -0.344 e. The molecule has 1 heterocycles. The lowest BCUT2D eigenvalue weighted by Gasteiger charge is -2.29. The standard InChI is InChI=1S/C15H30N4S/c1-7-9-16-13(4)14-10-17-15(20-14)19(8-2)12(3)11-18(5)6/h10,12-13,16H,7-9,11H2,1-6H3. The van der Waals surface area contributed by atoms with Crippen molar-refractivity contribution in [1.29, 1.82) is 0 Å². The van der Waals surface area contributed by atoms with Crippen LogP contribution in [0.25, 0.3) is 0 Å². The summed E-state index contributed by atoms with van der Waals surface area (Å²) in [6.07, 6.45) is 3.19. The first-order chi connectivity index (χ1) is 9.49. The highest BCUT2D eigenvalue weighted by Gasteiger charge is 2.18. The molecule has 0 bridgehead atoms. The van der Waals surface area contributed by atoms with Gasteiger partial charge in [0.1, 0.15) is 0 Å². The summed E-state index contributed by atoms with van der Waals surface area (Å²) in [7, 11) is 4.24. The largest absolute Gasteiger partial charge is 0.344 e. The van der Waals surface area contributed by atoms with Crippen molar-refractivity contribution in [1.82, 2.24) is 15.2 Å². The van der Waals surface area contributed by atoms with E-state index in [1.54, 1.807) is 0 Å². The van der Waals surface area contributed by atoms with Crippen LogP contribution in [0.1, 0.15) is 45.0 Å². The van der Waals surface area contributed by atoms with Crippen LogP contribution in [0.15, 0.2) is 6.20 Å². The Morgan fingerprint density at radius 1 is 1.30 bits per heavy atom. The van der Waals surface area contributed by atoms with Crippen molar-refractivity contribution < 1.29 is 0 Å². The monoisotopic (exact) mass is 298 g/mol. The van der Waals surface area contributed by atoms with E-state index in [4.69, 9.17) is 0 Å². The molecule has 0 fully saturated rings. The zero-order valence-electron chi connectivity index (χ0n) is 13.8. The number of hydrogen-bond acceptors (Lipinski definition) is 5. The maximum atomic E-state index is 4.63. The Hall–Kier alpha value is -0.650. The Labute approximate surface area is 128 Å². The summed E-state index contributed by atoms with van der Waals surface area (Å²) in [5.41, 5.74) is 0. The highest BCUT2D eigenvalue weighted by molar-refractivity contribution is 7.15. The van der Waals surface area contributed by atoms with Crippen molar-refractivity contribution >= 4 is 16.5 Å². The molecule has 1 rings (SSSR count). The highest BCUT2D eigenvalue weighted by atomic mass is 32.1. The molecule has 116 valence electrons. The number of nitrogens with one attached hydrogen (secondary N) is 1. The summed E-state index contributed by atoms with van der Waals surface area (Å²) in [6.45, 7) is 12.0. The highest BCUT2D eigenvalue weighted by Crippen LogP contribution is 2.28. The van der Waals surface area contributed by atoms with E-state index < -0.39 is 0 Å². The first-order valence-corrected chi connectivity index (χ1v) is 8.41. The van der Waals surface area contributed by atoms with Gasteiger partial charge in [-0.25, -0.2) is 4.98 Å². The fraction of sp³-hybridized carbons (Fsp3) is 0.800. The molecule has 0 saturated heterocycles. The zero-order chi connectivity index (χ0) is 15.1. The fourth-order valence-corrected chi connectivity index (χ4v) is 3.44. The van der Waals surface area contributed by atoms with Crippen LogP contribution in [0.4, 0.5) is 5.13 Å². The van der Waals surface area contributed by atoms with E-state index >= 15 is 0 Å². The van der Waals surface area contributed by atoms with Gasteiger partial charge in [0.25, 0.3) is 0 Å². The van der Waals surface area contributed by atoms with E-state index in [1.165, 1.54) is 4.88 Å². The number of hydrogen-bond donors (Lipinski definition) is 1. The second-order valence-corrected chi connectivity index (χ2v) is 6.66. The van der Waals surface area contributed by atoms with E-state index in [-0.39, 0.29) is 0 Å². The van der Waals surface area contributed by atoms with Gasteiger partial charge in [-0.3, -0.25) is 0 Å². The molecule has 20 heavy (non-hydrogen) atoms. The van der Waals surface area contributed by atoms with Crippen molar-refractivity contribution in [3.8, 4) is 0 Å². The van der Waals surface area contributed by atoms with Gasteiger partial charge in [0.05, 0.1) is 0 Å². The van der Waals surface area contributed by atoms with Crippen molar-refractivity contribution in [2.45, 2.75) is 46.2 Å². The van der Waals surface area contributed by atoms with Crippen molar-refractivity contribution in [3.05, 3.63) is 11.1 Å². The molecule has 0 spiro atoms. The number of rotatable bonds is 9. The third-order valence-electron chi connectivity index (χ3n) is 3.39. The number of anilines is 1. The van der Waals surface area contributed by atoms with Gasteiger partial charge in [-0.05, 0) is 47.8 Å². The minimum absolute atomic E-state index is 0.393. The molecule has 5 heteroatoms. The van der Waals surface area contributed by atoms with Gasteiger partial charge in [-0.15, -0.1) is 11.3 Å². The van der Waals surface area contributed by atoms with Crippen molar-refractivity contribution in [2.75, 3.05) is 38.6 Å². The van der Waals surface area contributed by atoms with E-state index in [1.807, 2.05) is 17.5 Å². The molecule has 1 N–H and O–H groups in total. The van der Waals surface area contributed by atoms with Crippen LogP contribution in [0.2, 0.25) is 0 Å². The smallest absolute Gasteiger partial charge is 0.185 e. The quantitative estimate of drug-likeness (QED) is 0.759. The predicted octanol–water partition coefficient (Wildman–Crippen LogP) is 2.98. The number of aromatic nitrogens is 1. The zero-order valence-corrected chi connectivity index (χ0v) is 14.6. The topological polar surface area (TPSA) is 31.4 Å². The summed E-state index contributed by atoms with van der Waals surface area (Å²) >= 11 is 1.81. The lowest BCUT2D eigenvalue weighted by Crippen LogP contribution is -2.40. The Bertz CT molecular complexity index is 378. The van der Waals surface area contributed by atoms with Crippen LogP contribution in [-0.4, -0.2) is 49.7 Å². The molecule has 0 aliphatic heterocycles. The van der Waals surface area contributed by atoms with Crippen molar-refractivity contribution in [2.24, 2.45) is 0 Å². The lowest BCUT2D eigenvalue weighted by molar-refractivity contribution is 0.373. The summed E-state index contributed by atoms with van der Waals surface area (Å²) in [5, 5.41) is 4.66. The molecule has 0 radical (unpaired) electrons. The fourth-order valence-electron chi connectivity index (χ4n) is 2.33. The summed E-state index contributed by atoms with van der Waals surface area (Å²) < 4.78 is 0. The number of likely N-dealkylation sites (N-methyl/N-ethyl adjacent to an activating group) is 2. The molecule has 1 aromatic heterocycles. The average Bonchev–Trinajstić information content (AvgIpc) is 2.85. The van der Waals surface area contributed by atoms with Crippen LogP contribution >= 0.6 is 11.3 Å². The molecular formula is C15H30N4S. The molecule has 4 nitrogen and oxygen atoms in total. The SMILES string of the molecule is CCCNC(C)c1cnc(N(CC)C(C)CN(C)C)s1. The second kappa shape index (κ2) is 8.60. The van der Waals surface area contributed by atoms with Crippen molar-refractivity contribution in [3.63, 3.8) is 0 Å². The number of thiazole rings is 1. The molecular weight excluding hydrogens is 268 g/mol. The Kier molecular flexibility index (Phi) is 7.48. The molecule has 1 aromatic rings. The molecule has 0 aromatic carbocycles. The Morgan fingerprint density at radius 3 is 2.55 bits per heavy atom. The summed E-state index contributed by atoms with van der Waals surface area (Å²) in [4.78, 5) is 10.6. The van der Waals surface area contributed by atoms with Gasteiger partial charge in [0, 0.05) is 36.2 Å². The van der Waals surface area contributed by atoms with Crippen LogP contribution in [0, 0.1) is 0 Å². The van der Waals surface area contributed by atoms with Crippen LogP contribution < -0.4 is 10.2 Å². The Morgan fingerprint density at radius 2 is 2.00 bits per heavy atom. The normalized spacial score (nSPS) is 14.6. The van der Waals surface area contributed by atoms with Gasteiger partial charge in [0.15, 0.2) is 5.13 Å². The van der Waals surface area contributed by atoms with Crippen LogP contribution in [0.3, 0.4) is 0 Å². The van der Waals surface area contributed by atoms with Gasteiger partial charge >= 0.3 is 0 Å². The predicted molar refractivity (Wildman–Crippen MR) is 89.9 cm³/mol. The maximum Gasteiger partial charge on any atom is 0.185 e. The van der Waals surface area contributed by atoms with Gasteiger partial charge < -0.3 is 15.1 Å². The van der Waals surface area contributed by atoms with E-state index in [2.05, 4.69) is 61.9 Å². The first-order valence-electron chi connectivity index (χ1n) is 7.60.